The van der Waals surface area contributed by atoms with Crippen molar-refractivity contribution in [3.05, 3.63) is 121 Å². The Kier molecular flexibility index (Phi) is 5.78. The molecule has 0 aliphatic heterocycles. The Balaban J connectivity index is 1.57. The molecule has 2 heterocycles. The average Bonchev–Trinajstić information content (AvgIpc) is 2.90. The molecule has 3 aromatic carbocycles. The monoisotopic (exact) mass is 462 g/mol. The summed E-state index contributed by atoms with van der Waals surface area (Å²) in [6.45, 7) is 1.93. The maximum Gasteiger partial charge on any atom is 0.206 e. The molecule has 0 bridgehead atoms. The highest BCUT2D eigenvalue weighted by Gasteiger charge is 2.17. The van der Waals surface area contributed by atoms with Gasteiger partial charge in [-0.25, -0.2) is 8.42 Å². The Morgan fingerprint density at radius 2 is 1.00 bits per heavy atom. The number of pyridine rings is 2. The van der Waals surface area contributed by atoms with Crippen molar-refractivity contribution in [2.75, 3.05) is 0 Å². The van der Waals surface area contributed by atoms with Gasteiger partial charge in [-0.2, -0.15) is 0 Å². The van der Waals surface area contributed by atoms with Gasteiger partial charge < -0.3 is 0 Å². The molecule has 166 valence electrons. The first-order valence-electron chi connectivity index (χ1n) is 10.9. The van der Waals surface area contributed by atoms with Crippen LogP contribution in [0.15, 0.2) is 125 Å². The number of hydrogen-bond acceptors (Lipinski definition) is 4. The van der Waals surface area contributed by atoms with Crippen molar-refractivity contribution in [1.82, 2.24) is 9.97 Å². The molecule has 0 N–H and O–H groups in total. The number of rotatable bonds is 5. The quantitative estimate of drug-likeness (QED) is 0.295. The van der Waals surface area contributed by atoms with Gasteiger partial charge in [0.2, 0.25) is 9.84 Å². The molecule has 5 aromatic rings. The summed E-state index contributed by atoms with van der Waals surface area (Å²) < 4.78 is 26.1. The van der Waals surface area contributed by atoms with Crippen LogP contribution in [0, 0.1) is 6.92 Å². The molecule has 0 fully saturated rings. The highest BCUT2D eigenvalue weighted by Crippen LogP contribution is 2.32. The van der Waals surface area contributed by atoms with Crippen LogP contribution in [-0.4, -0.2) is 18.4 Å². The number of aromatic nitrogens is 2. The molecule has 0 radical (unpaired) electrons. The topological polar surface area (TPSA) is 59.9 Å². The van der Waals surface area contributed by atoms with Crippen molar-refractivity contribution in [3.8, 4) is 33.6 Å². The van der Waals surface area contributed by atoms with E-state index in [1.165, 1.54) is 0 Å². The Morgan fingerprint density at radius 3 is 1.47 bits per heavy atom. The van der Waals surface area contributed by atoms with Gasteiger partial charge in [0.1, 0.15) is 0 Å². The lowest BCUT2D eigenvalue weighted by Crippen LogP contribution is -2.01. The van der Waals surface area contributed by atoms with E-state index in [0.29, 0.717) is 4.90 Å². The second kappa shape index (κ2) is 9.04. The van der Waals surface area contributed by atoms with Crippen LogP contribution in [0.1, 0.15) is 5.56 Å². The maximum absolute atomic E-state index is 13.1. The number of hydrogen-bond donors (Lipinski definition) is 0. The van der Waals surface area contributed by atoms with Crippen molar-refractivity contribution in [3.63, 3.8) is 0 Å². The van der Waals surface area contributed by atoms with E-state index in [1.54, 1.807) is 36.7 Å². The van der Waals surface area contributed by atoms with Crippen molar-refractivity contribution in [1.29, 1.82) is 0 Å². The third kappa shape index (κ3) is 4.38. The van der Waals surface area contributed by atoms with Crippen molar-refractivity contribution >= 4 is 9.84 Å². The molecule has 4 nitrogen and oxygen atoms in total. The molecule has 0 amide bonds. The summed E-state index contributed by atoms with van der Waals surface area (Å²) >= 11 is 0. The second-order valence-corrected chi connectivity index (χ2v) is 10.0. The number of nitrogens with zero attached hydrogens (tertiary/aromatic N) is 2. The van der Waals surface area contributed by atoms with Gasteiger partial charge in [-0.05, 0) is 84.8 Å². The summed E-state index contributed by atoms with van der Waals surface area (Å²) in [5.41, 5.74) is 6.55. The Hall–Kier alpha value is -4.09. The fraction of sp³-hybridized carbons (Fsp3) is 0.0345. The van der Waals surface area contributed by atoms with E-state index < -0.39 is 9.84 Å². The van der Waals surface area contributed by atoms with Gasteiger partial charge in [0.05, 0.1) is 21.2 Å². The molecule has 5 rings (SSSR count). The lowest BCUT2D eigenvalue weighted by atomic mass is 9.96. The zero-order valence-electron chi connectivity index (χ0n) is 18.6. The van der Waals surface area contributed by atoms with Crippen molar-refractivity contribution in [2.45, 2.75) is 16.7 Å². The van der Waals surface area contributed by atoms with Crippen LogP contribution in [0.25, 0.3) is 33.6 Å². The summed E-state index contributed by atoms with van der Waals surface area (Å²) in [5.74, 6) is 0. The zero-order valence-corrected chi connectivity index (χ0v) is 19.4. The first kappa shape index (κ1) is 21.7. The second-order valence-electron chi connectivity index (χ2n) is 8.07. The van der Waals surface area contributed by atoms with Crippen LogP contribution in [0.4, 0.5) is 0 Å². The first-order valence-corrected chi connectivity index (χ1v) is 12.4. The third-order valence-corrected chi connectivity index (χ3v) is 7.47. The molecule has 2 aromatic heterocycles. The van der Waals surface area contributed by atoms with Gasteiger partial charge >= 0.3 is 0 Å². The highest BCUT2D eigenvalue weighted by atomic mass is 32.2. The van der Waals surface area contributed by atoms with Crippen LogP contribution in [0.2, 0.25) is 0 Å². The predicted molar refractivity (Wildman–Crippen MR) is 135 cm³/mol. The summed E-state index contributed by atoms with van der Waals surface area (Å²) in [6, 6.07) is 31.8. The predicted octanol–water partition coefficient (Wildman–Crippen LogP) is 6.62. The summed E-state index contributed by atoms with van der Waals surface area (Å²) in [6.07, 6.45) is 3.54. The standard InChI is InChI=1S/C29H22N2O2S/c1-21-8-12-26(13-9-21)34(32,33)27-14-10-22(11-15-27)23-18-24(28-6-2-4-16-30-28)20-25(19-23)29-7-3-5-17-31-29/h2-20H,1H3. The molecule has 0 spiro atoms. The summed E-state index contributed by atoms with van der Waals surface area (Å²) in [4.78, 5) is 9.57. The minimum Gasteiger partial charge on any atom is -0.256 e. The first-order chi connectivity index (χ1) is 16.5. The van der Waals surface area contributed by atoms with Gasteiger partial charge in [-0.1, -0.05) is 42.0 Å². The molecule has 0 aliphatic carbocycles. The average molecular weight is 463 g/mol. The summed E-state index contributed by atoms with van der Waals surface area (Å²) in [5, 5.41) is 0. The normalized spacial score (nSPS) is 11.3. The molecule has 0 saturated carbocycles. The van der Waals surface area contributed by atoms with E-state index >= 15 is 0 Å². The third-order valence-electron chi connectivity index (χ3n) is 5.68. The van der Waals surface area contributed by atoms with Crippen molar-refractivity contribution in [2.24, 2.45) is 0 Å². The van der Waals surface area contributed by atoms with Crippen molar-refractivity contribution < 1.29 is 8.42 Å². The van der Waals surface area contributed by atoms with Gasteiger partial charge in [0.15, 0.2) is 0 Å². The van der Waals surface area contributed by atoms with Gasteiger partial charge in [-0.3, -0.25) is 9.97 Å². The van der Waals surface area contributed by atoms with Crippen LogP contribution in [0.5, 0.6) is 0 Å². The van der Waals surface area contributed by atoms with Gasteiger partial charge in [0.25, 0.3) is 0 Å². The smallest absolute Gasteiger partial charge is 0.206 e. The van der Waals surface area contributed by atoms with E-state index in [4.69, 9.17) is 0 Å². The van der Waals surface area contributed by atoms with Crippen LogP contribution >= 0.6 is 0 Å². The van der Waals surface area contributed by atoms with Crippen LogP contribution < -0.4 is 0 Å². The molecule has 0 atom stereocenters. The number of sulfone groups is 1. The fourth-order valence-electron chi connectivity index (χ4n) is 3.84. The molecule has 0 unspecified atom stereocenters. The van der Waals surface area contributed by atoms with E-state index in [9.17, 15) is 8.42 Å². The van der Waals surface area contributed by atoms with E-state index in [-0.39, 0.29) is 4.90 Å². The SMILES string of the molecule is Cc1ccc(S(=O)(=O)c2ccc(-c3cc(-c4ccccn4)cc(-c4ccccn4)c3)cc2)cc1. The van der Waals surface area contributed by atoms with E-state index in [0.717, 1.165) is 39.2 Å². The van der Waals surface area contributed by atoms with Crippen LogP contribution in [0.3, 0.4) is 0 Å². The van der Waals surface area contributed by atoms with E-state index in [2.05, 4.69) is 28.2 Å². The van der Waals surface area contributed by atoms with E-state index in [1.807, 2.05) is 67.6 Å². The molecular weight excluding hydrogens is 440 g/mol. The molecule has 5 heteroatoms. The minimum atomic E-state index is -3.58. The largest absolute Gasteiger partial charge is 0.256 e. The minimum absolute atomic E-state index is 0.269. The Morgan fingerprint density at radius 1 is 0.529 bits per heavy atom. The Labute approximate surface area is 199 Å². The lowest BCUT2D eigenvalue weighted by Gasteiger charge is -2.11. The zero-order chi connectivity index (χ0) is 23.5. The fourth-order valence-corrected chi connectivity index (χ4v) is 5.10. The molecule has 0 aliphatic rings. The lowest BCUT2D eigenvalue weighted by molar-refractivity contribution is 0.596. The molecule has 34 heavy (non-hydrogen) atoms. The van der Waals surface area contributed by atoms with Gasteiger partial charge in [-0.15, -0.1) is 0 Å². The molecule has 0 saturated heterocycles. The highest BCUT2D eigenvalue weighted by molar-refractivity contribution is 7.91. The Bertz CT molecular complexity index is 1470. The molecular formula is C29H22N2O2S. The summed E-state index contributed by atoms with van der Waals surface area (Å²) in [7, 11) is -3.58. The number of benzene rings is 3. The van der Waals surface area contributed by atoms with Crippen LogP contribution in [-0.2, 0) is 9.84 Å². The maximum atomic E-state index is 13.1. The number of aryl methyl sites for hydroxylation is 1. The van der Waals surface area contributed by atoms with Gasteiger partial charge in [0, 0.05) is 23.5 Å².